The van der Waals surface area contributed by atoms with Gasteiger partial charge in [-0.15, -0.1) is 0 Å². The van der Waals surface area contributed by atoms with Gasteiger partial charge in [0.1, 0.15) is 29.3 Å². The Kier molecular flexibility index (Phi) is 4.23. The molecule has 0 aliphatic carbocycles. The van der Waals surface area contributed by atoms with Gasteiger partial charge in [0.2, 0.25) is 7.98 Å². The van der Waals surface area contributed by atoms with Crippen LogP contribution in [0.25, 0.3) is 33.3 Å². The van der Waals surface area contributed by atoms with E-state index in [9.17, 15) is 19.6 Å². The molecule has 1 aromatic carbocycles. The molecule has 0 saturated carbocycles. The molecule has 0 fully saturated rings. The van der Waals surface area contributed by atoms with Crippen LogP contribution in [0.15, 0.2) is 30.6 Å². The Hall–Kier alpha value is -3.87. The minimum atomic E-state index is -1.06. The van der Waals surface area contributed by atoms with Crippen molar-refractivity contribution >= 4 is 41.8 Å². The number of pyridine rings is 1. The number of imidazole rings is 1. The van der Waals surface area contributed by atoms with Crippen molar-refractivity contribution in [3.05, 3.63) is 42.0 Å². The smallest absolute Gasteiger partial charge is 0.323 e. The number of hydrogen-bond donors (Lipinski definition) is 1. The fraction of sp³-hybridized carbons (Fsp3) is 0.158. The molecule has 0 bridgehead atoms. The fourth-order valence-electron chi connectivity index (χ4n) is 3.55. The Bertz CT molecular complexity index is 1330. The number of halogens is 1. The zero-order valence-electron chi connectivity index (χ0n) is 16.0. The van der Waals surface area contributed by atoms with Crippen LogP contribution < -0.4 is 4.81 Å². The fourth-order valence-corrected chi connectivity index (χ4v) is 3.55. The van der Waals surface area contributed by atoms with Gasteiger partial charge in [0.25, 0.3) is 0 Å². The van der Waals surface area contributed by atoms with Crippen LogP contribution in [0.2, 0.25) is 0 Å². The summed E-state index contributed by atoms with van der Waals surface area (Å²) in [6, 6.07) is 7.64. The SMILES string of the molecule is BN(C)c1nc2c(cc(-c3cc(F)cc(C#N)c3)n2CC(=O)O)c2c1ncn2C. The van der Waals surface area contributed by atoms with Crippen molar-refractivity contribution in [1.82, 2.24) is 19.1 Å². The van der Waals surface area contributed by atoms with Gasteiger partial charge in [0.15, 0.2) is 0 Å². The van der Waals surface area contributed by atoms with Crippen molar-refractivity contribution in [2.75, 3.05) is 11.9 Å². The van der Waals surface area contributed by atoms with Crippen LogP contribution in [0.4, 0.5) is 10.2 Å². The van der Waals surface area contributed by atoms with E-state index in [4.69, 9.17) is 0 Å². The van der Waals surface area contributed by atoms with Crippen LogP contribution >= 0.6 is 0 Å². The van der Waals surface area contributed by atoms with E-state index in [-0.39, 0.29) is 12.1 Å². The lowest BCUT2D eigenvalue weighted by atomic mass is 10.1. The molecule has 1 N–H and O–H groups in total. The number of carboxylic acid groups (broad SMARTS) is 1. The monoisotopic (exact) mass is 390 g/mol. The Balaban J connectivity index is 2.14. The minimum Gasteiger partial charge on any atom is -0.480 e. The molecule has 144 valence electrons. The van der Waals surface area contributed by atoms with Gasteiger partial charge in [-0.05, 0) is 31.3 Å². The first-order valence-corrected chi connectivity index (χ1v) is 8.74. The molecule has 10 heteroatoms. The second-order valence-corrected chi connectivity index (χ2v) is 6.97. The minimum absolute atomic E-state index is 0.153. The average molecular weight is 390 g/mol. The van der Waals surface area contributed by atoms with Gasteiger partial charge < -0.3 is 19.1 Å². The molecule has 3 aromatic heterocycles. The van der Waals surface area contributed by atoms with Gasteiger partial charge in [0, 0.05) is 18.0 Å². The molecule has 0 amide bonds. The van der Waals surface area contributed by atoms with Crippen molar-refractivity contribution in [2.45, 2.75) is 6.54 Å². The maximum absolute atomic E-state index is 14.1. The Morgan fingerprint density at radius 2 is 2.14 bits per heavy atom. The number of aliphatic carboxylic acids is 1. The summed E-state index contributed by atoms with van der Waals surface area (Å²) in [4.78, 5) is 22.5. The predicted molar refractivity (Wildman–Crippen MR) is 109 cm³/mol. The number of hydrogen-bond acceptors (Lipinski definition) is 5. The van der Waals surface area contributed by atoms with Crippen LogP contribution in [0, 0.1) is 17.1 Å². The van der Waals surface area contributed by atoms with Crippen molar-refractivity contribution in [3.63, 3.8) is 0 Å². The van der Waals surface area contributed by atoms with E-state index in [2.05, 4.69) is 9.97 Å². The first-order chi connectivity index (χ1) is 13.8. The summed E-state index contributed by atoms with van der Waals surface area (Å²) in [5.41, 5.74) is 2.94. The number of fused-ring (bicyclic) bond motifs is 3. The summed E-state index contributed by atoms with van der Waals surface area (Å²) in [5.74, 6) is -1.03. The molecule has 0 atom stereocenters. The van der Waals surface area contributed by atoms with E-state index in [0.717, 1.165) is 11.6 Å². The van der Waals surface area contributed by atoms with Crippen LogP contribution in [-0.2, 0) is 18.4 Å². The van der Waals surface area contributed by atoms with Gasteiger partial charge in [-0.3, -0.25) is 4.79 Å². The van der Waals surface area contributed by atoms with Crippen molar-refractivity contribution in [2.24, 2.45) is 7.05 Å². The van der Waals surface area contributed by atoms with Gasteiger partial charge in [-0.1, -0.05) is 0 Å². The average Bonchev–Trinajstić information content (AvgIpc) is 3.21. The lowest BCUT2D eigenvalue weighted by Crippen LogP contribution is -2.15. The molecule has 0 radical (unpaired) electrons. The topological polar surface area (TPSA) is 100.0 Å². The molecule has 4 rings (SSSR count). The first kappa shape index (κ1) is 18.5. The maximum atomic E-state index is 14.1. The zero-order chi connectivity index (χ0) is 20.9. The maximum Gasteiger partial charge on any atom is 0.323 e. The van der Waals surface area contributed by atoms with Crippen LogP contribution in [0.3, 0.4) is 0 Å². The van der Waals surface area contributed by atoms with Gasteiger partial charge in [-0.25, -0.2) is 14.4 Å². The van der Waals surface area contributed by atoms with Crippen molar-refractivity contribution < 1.29 is 14.3 Å². The second-order valence-electron chi connectivity index (χ2n) is 6.97. The Morgan fingerprint density at radius 3 is 2.79 bits per heavy atom. The van der Waals surface area contributed by atoms with Gasteiger partial charge in [0.05, 0.1) is 29.2 Å². The first-order valence-electron chi connectivity index (χ1n) is 8.74. The number of anilines is 1. The molecule has 3 heterocycles. The number of aryl methyl sites for hydroxylation is 1. The van der Waals surface area contributed by atoms with E-state index in [1.54, 1.807) is 12.4 Å². The molecular formula is C19H16BFN6O2. The Morgan fingerprint density at radius 1 is 1.38 bits per heavy atom. The zero-order valence-corrected chi connectivity index (χ0v) is 16.0. The number of nitriles is 1. The third-order valence-electron chi connectivity index (χ3n) is 4.72. The molecule has 0 spiro atoms. The highest BCUT2D eigenvalue weighted by Crippen LogP contribution is 2.35. The van der Waals surface area contributed by atoms with E-state index < -0.39 is 11.8 Å². The standard InChI is InChI=1S/C19H16BFN6O2/c1-25-9-23-16-17(25)13-6-14(11-3-10(7-22)4-12(21)5-11)27(8-15(28)29)18(13)24-19(16)26(2)20/h3-6,9H,8,20H2,1-2H3,(H,28,29). The summed E-state index contributed by atoms with van der Waals surface area (Å²) in [6.07, 6.45) is 1.67. The highest BCUT2D eigenvalue weighted by molar-refractivity contribution is 6.20. The summed E-state index contributed by atoms with van der Waals surface area (Å²) in [6.45, 7) is -0.361. The summed E-state index contributed by atoms with van der Waals surface area (Å²) in [5, 5.41) is 19.4. The number of nitrogens with zero attached hydrogens (tertiary/aromatic N) is 6. The molecule has 0 unspecified atom stereocenters. The summed E-state index contributed by atoms with van der Waals surface area (Å²) >= 11 is 0. The number of benzene rings is 1. The highest BCUT2D eigenvalue weighted by Gasteiger charge is 2.21. The third kappa shape index (κ3) is 2.97. The van der Waals surface area contributed by atoms with E-state index in [0.29, 0.717) is 33.6 Å². The van der Waals surface area contributed by atoms with E-state index in [1.165, 1.54) is 16.7 Å². The predicted octanol–water partition coefficient (Wildman–Crippen LogP) is 1.67. The summed E-state index contributed by atoms with van der Waals surface area (Å²) < 4.78 is 17.4. The molecule has 4 aromatic rings. The van der Waals surface area contributed by atoms with Crippen molar-refractivity contribution in [3.8, 4) is 17.3 Å². The Labute approximate surface area is 165 Å². The number of aromatic nitrogens is 4. The number of carbonyl (C=O) groups is 1. The summed E-state index contributed by atoms with van der Waals surface area (Å²) in [7, 11) is 5.51. The third-order valence-corrected chi connectivity index (χ3v) is 4.72. The molecular weight excluding hydrogens is 374 g/mol. The molecule has 0 aliphatic heterocycles. The van der Waals surface area contributed by atoms with E-state index in [1.807, 2.05) is 37.5 Å². The quantitative estimate of drug-likeness (QED) is 0.532. The largest absolute Gasteiger partial charge is 0.480 e. The van der Waals surface area contributed by atoms with E-state index >= 15 is 0 Å². The van der Waals surface area contributed by atoms with Crippen LogP contribution in [0.1, 0.15) is 5.56 Å². The molecule has 0 saturated heterocycles. The second kappa shape index (κ2) is 6.63. The molecule has 0 aliphatic rings. The van der Waals surface area contributed by atoms with Crippen LogP contribution in [-0.4, -0.2) is 45.2 Å². The highest BCUT2D eigenvalue weighted by atomic mass is 19.1. The van der Waals surface area contributed by atoms with Crippen molar-refractivity contribution in [1.29, 1.82) is 5.26 Å². The van der Waals surface area contributed by atoms with Gasteiger partial charge >= 0.3 is 5.97 Å². The van der Waals surface area contributed by atoms with Crippen LogP contribution in [0.5, 0.6) is 0 Å². The lowest BCUT2D eigenvalue weighted by molar-refractivity contribution is -0.137. The number of rotatable bonds is 4. The number of carboxylic acids is 1. The normalized spacial score (nSPS) is 11.1. The molecule has 29 heavy (non-hydrogen) atoms. The van der Waals surface area contributed by atoms with Gasteiger partial charge in [-0.2, -0.15) is 5.26 Å². The lowest BCUT2D eigenvalue weighted by Gasteiger charge is -2.14. The molecule has 8 nitrogen and oxygen atoms in total.